The van der Waals surface area contributed by atoms with E-state index in [1.807, 2.05) is 99.4 Å². The van der Waals surface area contributed by atoms with Gasteiger partial charge in [0.1, 0.15) is 11.6 Å². The molecule has 6 rings (SSSR count). The highest BCUT2D eigenvalue weighted by atomic mass is 16.5. The fourth-order valence-corrected chi connectivity index (χ4v) is 7.77. The molecule has 2 aromatic carbocycles. The zero-order valence-electron chi connectivity index (χ0n) is 24.9. The Hall–Kier alpha value is -3.49. The second kappa shape index (κ2) is 10.7. The number of aliphatic hydroxyl groups is 1. The molecule has 1 spiro atoms. The van der Waals surface area contributed by atoms with Gasteiger partial charge in [0.2, 0.25) is 11.8 Å². The van der Waals surface area contributed by atoms with E-state index in [1.165, 1.54) is 0 Å². The molecular weight excluding hydrogens is 530 g/mol. The summed E-state index contributed by atoms with van der Waals surface area (Å²) >= 11 is 0. The fraction of sp³-hybridized carbons (Fsp3) is 0.500. The van der Waals surface area contributed by atoms with Crippen molar-refractivity contribution in [2.75, 3.05) is 31.1 Å². The van der Waals surface area contributed by atoms with E-state index in [1.54, 1.807) is 9.80 Å². The summed E-state index contributed by atoms with van der Waals surface area (Å²) in [5, 5.41) is 12.6. The molecule has 6 atom stereocenters. The molecule has 8 heteroatoms. The Morgan fingerprint density at radius 2 is 1.67 bits per heavy atom. The number of hydrogen-bond acceptors (Lipinski definition) is 5. The van der Waals surface area contributed by atoms with Gasteiger partial charge in [-0.05, 0) is 41.7 Å². The molecule has 2 aromatic rings. The number of benzene rings is 2. The van der Waals surface area contributed by atoms with Crippen LogP contribution in [0.5, 0.6) is 0 Å². The molecule has 4 aliphatic rings. The summed E-state index contributed by atoms with van der Waals surface area (Å²) in [5.74, 6) is -2.46. The number of likely N-dealkylation sites (tertiary alicyclic amines) is 1. The van der Waals surface area contributed by atoms with E-state index in [9.17, 15) is 19.5 Å². The van der Waals surface area contributed by atoms with Crippen molar-refractivity contribution in [1.82, 2.24) is 9.80 Å². The summed E-state index contributed by atoms with van der Waals surface area (Å²) in [6.45, 7) is 8.93. The lowest BCUT2D eigenvalue weighted by Crippen LogP contribution is -2.60. The highest BCUT2D eigenvalue weighted by Gasteiger charge is 2.76. The second-order valence-corrected chi connectivity index (χ2v) is 12.4. The van der Waals surface area contributed by atoms with Gasteiger partial charge in [0, 0.05) is 25.3 Å². The van der Waals surface area contributed by atoms with Crippen LogP contribution < -0.4 is 4.90 Å². The van der Waals surface area contributed by atoms with Gasteiger partial charge in [-0.15, -0.1) is 0 Å². The second-order valence-electron chi connectivity index (χ2n) is 12.4. The van der Waals surface area contributed by atoms with Crippen molar-refractivity contribution in [3.05, 3.63) is 66.8 Å². The summed E-state index contributed by atoms with van der Waals surface area (Å²) in [6.07, 6.45) is 9.01. The van der Waals surface area contributed by atoms with Crippen molar-refractivity contribution in [2.24, 2.45) is 17.8 Å². The molecule has 1 unspecified atom stereocenters. The first-order valence-electron chi connectivity index (χ1n) is 15.3. The number of carbonyl (C=O) groups excluding carboxylic acids is 3. The first kappa shape index (κ1) is 28.6. The van der Waals surface area contributed by atoms with Crippen molar-refractivity contribution >= 4 is 34.2 Å². The van der Waals surface area contributed by atoms with Crippen LogP contribution in [0.1, 0.15) is 40.5 Å². The molecule has 4 aliphatic heterocycles. The van der Waals surface area contributed by atoms with E-state index < -0.39 is 35.1 Å². The number of rotatable bonds is 7. The van der Waals surface area contributed by atoms with E-state index in [0.717, 1.165) is 22.9 Å². The Morgan fingerprint density at radius 3 is 2.36 bits per heavy atom. The maximum atomic E-state index is 14.8. The third-order valence-corrected chi connectivity index (χ3v) is 9.81. The Morgan fingerprint density at radius 1 is 0.929 bits per heavy atom. The third kappa shape index (κ3) is 4.06. The average molecular weight is 572 g/mol. The van der Waals surface area contributed by atoms with Crippen molar-refractivity contribution < 1.29 is 24.2 Å². The van der Waals surface area contributed by atoms with Crippen LogP contribution in [-0.2, 0) is 19.1 Å². The van der Waals surface area contributed by atoms with E-state index in [0.29, 0.717) is 26.1 Å². The maximum Gasteiger partial charge on any atom is 0.253 e. The molecule has 42 heavy (non-hydrogen) atoms. The Balaban J connectivity index is 1.52. The third-order valence-electron chi connectivity index (χ3n) is 9.81. The molecule has 222 valence electrons. The highest BCUT2D eigenvalue weighted by Crippen LogP contribution is 2.59. The minimum atomic E-state index is -1.35. The first-order valence-corrected chi connectivity index (χ1v) is 15.3. The molecule has 0 radical (unpaired) electrons. The number of aliphatic hydroxyl groups excluding tert-OH is 1. The maximum absolute atomic E-state index is 14.8. The molecule has 3 amide bonds. The Kier molecular flexibility index (Phi) is 7.26. The SMILES string of the molecule is CCCN1CC=C[C@]2(CC)O[C@]34C=CCN(c5ccc6ccccc6c5)C(=O)C3N([C@@H](CO)C(C)C)C(=O)[C@@H]4[C@@H]2C1=O. The van der Waals surface area contributed by atoms with Gasteiger partial charge in [-0.3, -0.25) is 14.4 Å². The van der Waals surface area contributed by atoms with Crippen molar-refractivity contribution in [3.8, 4) is 0 Å². The molecule has 0 bridgehead atoms. The van der Waals surface area contributed by atoms with Crippen molar-refractivity contribution in [3.63, 3.8) is 0 Å². The molecule has 0 aromatic heterocycles. The lowest BCUT2D eigenvalue weighted by Gasteiger charge is -2.41. The van der Waals surface area contributed by atoms with Crippen LogP contribution >= 0.6 is 0 Å². The predicted molar refractivity (Wildman–Crippen MR) is 162 cm³/mol. The van der Waals surface area contributed by atoms with Gasteiger partial charge >= 0.3 is 0 Å². The summed E-state index contributed by atoms with van der Waals surface area (Å²) in [7, 11) is 0. The van der Waals surface area contributed by atoms with E-state index in [-0.39, 0.29) is 30.2 Å². The first-order chi connectivity index (χ1) is 20.2. The highest BCUT2D eigenvalue weighted by molar-refractivity contribution is 6.07. The van der Waals surface area contributed by atoms with Crippen LogP contribution in [0.25, 0.3) is 10.8 Å². The lowest BCUT2D eigenvalue weighted by molar-refractivity contribution is -0.153. The molecule has 0 aliphatic carbocycles. The average Bonchev–Trinajstić information content (AvgIpc) is 3.28. The van der Waals surface area contributed by atoms with Gasteiger partial charge in [-0.1, -0.05) is 82.3 Å². The van der Waals surface area contributed by atoms with Crippen LogP contribution in [0.15, 0.2) is 66.8 Å². The normalized spacial score (nSPS) is 31.4. The topological polar surface area (TPSA) is 90.4 Å². The summed E-state index contributed by atoms with van der Waals surface area (Å²) < 4.78 is 7.06. The van der Waals surface area contributed by atoms with Gasteiger partial charge in [-0.25, -0.2) is 0 Å². The molecular formula is C34H41N3O5. The van der Waals surface area contributed by atoms with E-state index in [2.05, 4.69) is 0 Å². The minimum Gasteiger partial charge on any atom is -0.394 e. The summed E-state index contributed by atoms with van der Waals surface area (Å²) in [6, 6.07) is 12.3. The lowest BCUT2D eigenvalue weighted by atomic mass is 9.73. The summed E-state index contributed by atoms with van der Waals surface area (Å²) in [4.78, 5) is 48.9. The summed E-state index contributed by atoms with van der Waals surface area (Å²) in [5.41, 5.74) is -1.64. The molecule has 2 fully saturated rings. The van der Waals surface area contributed by atoms with E-state index in [4.69, 9.17) is 4.74 Å². The van der Waals surface area contributed by atoms with Crippen LogP contribution in [-0.4, -0.2) is 82.2 Å². The van der Waals surface area contributed by atoms with Crippen LogP contribution in [0, 0.1) is 17.8 Å². The van der Waals surface area contributed by atoms with Crippen LogP contribution in [0.2, 0.25) is 0 Å². The quantitative estimate of drug-likeness (QED) is 0.509. The zero-order chi connectivity index (χ0) is 29.8. The standard InChI is InChI=1S/C34H41N3O5/c1-5-17-35-18-9-15-33(6-2)27(30(35)39)28-31(40)37(26(21-38)22(3)4)29-32(41)36(19-10-16-34(28,29)42-33)25-14-13-23-11-7-8-12-24(23)20-25/h7-16,20,22,26-29,38H,5-6,17-19,21H2,1-4H3/t26-,27+,28-,29?,33-,34-/m0/s1. The van der Waals surface area contributed by atoms with Crippen molar-refractivity contribution in [1.29, 1.82) is 0 Å². The van der Waals surface area contributed by atoms with Gasteiger partial charge in [0.05, 0.1) is 30.1 Å². The monoisotopic (exact) mass is 571 g/mol. The predicted octanol–water partition coefficient (Wildman–Crippen LogP) is 3.93. The largest absolute Gasteiger partial charge is 0.394 e. The molecule has 2 saturated heterocycles. The van der Waals surface area contributed by atoms with Gasteiger partial charge in [0.15, 0.2) is 0 Å². The number of hydrogen-bond donors (Lipinski definition) is 1. The molecule has 1 N–H and O–H groups in total. The number of amides is 3. The molecule has 4 heterocycles. The fourth-order valence-electron chi connectivity index (χ4n) is 7.77. The van der Waals surface area contributed by atoms with Crippen LogP contribution in [0.3, 0.4) is 0 Å². The zero-order valence-corrected chi connectivity index (χ0v) is 24.9. The smallest absolute Gasteiger partial charge is 0.253 e. The number of fused-ring (bicyclic) bond motifs is 3. The molecule has 8 nitrogen and oxygen atoms in total. The number of anilines is 1. The van der Waals surface area contributed by atoms with Crippen molar-refractivity contribution in [2.45, 2.75) is 63.8 Å². The van der Waals surface area contributed by atoms with E-state index >= 15 is 0 Å². The number of ether oxygens (including phenoxy) is 1. The number of carbonyl (C=O) groups is 3. The van der Waals surface area contributed by atoms with Gasteiger partial charge < -0.3 is 24.5 Å². The van der Waals surface area contributed by atoms with Crippen LogP contribution in [0.4, 0.5) is 5.69 Å². The molecule has 0 saturated carbocycles. The van der Waals surface area contributed by atoms with Gasteiger partial charge in [-0.2, -0.15) is 0 Å². The number of nitrogens with zero attached hydrogens (tertiary/aromatic N) is 3. The Labute approximate surface area is 247 Å². The minimum absolute atomic E-state index is 0.110. The Bertz CT molecular complexity index is 1470. The van der Waals surface area contributed by atoms with Gasteiger partial charge in [0.25, 0.3) is 5.91 Å².